The summed E-state index contributed by atoms with van der Waals surface area (Å²) in [6, 6.07) is 0. The summed E-state index contributed by atoms with van der Waals surface area (Å²) in [6.07, 6.45) is 0.865. The molecule has 1 unspecified atom stereocenters. The van der Waals surface area contributed by atoms with Crippen LogP contribution in [0.2, 0.25) is 0 Å². The standard InChI is InChI=1S/C10H20N2O2/c1-9(2,3)8(13)14-12-6-5-10(4,11)7-12/h5-7,11H2,1-4H3. The number of carbonyl (C=O) groups excluding carboxylic acids is 1. The summed E-state index contributed by atoms with van der Waals surface area (Å²) in [5.41, 5.74) is 5.25. The van der Waals surface area contributed by atoms with Gasteiger partial charge in [0.05, 0.1) is 12.0 Å². The van der Waals surface area contributed by atoms with Crippen molar-refractivity contribution in [3.05, 3.63) is 0 Å². The zero-order valence-corrected chi connectivity index (χ0v) is 9.46. The van der Waals surface area contributed by atoms with Gasteiger partial charge in [-0.2, -0.15) is 0 Å². The molecule has 0 aromatic rings. The van der Waals surface area contributed by atoms with Gasteiger partial charge < -0.3 is 10.6 Å². The van der Waals surface area contributed by atoms with Gasteiger partial charge in [0.15, 0.2) is 0 Å². The van der Waals surface area contributed by atoms with Crippen LogP contribution in [-0.4, -0.2) is 29.7 Å². The molecule has 1 aliphatic rings. The molecule has 14 heavy (non-hydrogen) atoms. The van der Waals surface area contributed by atoms with Crippen LogP contribution in [0.3, 0.4) is 0 Å². The van der Waals surface area contributed by atoms with Crippen molar-refractivity contribution in [2.24, 2.45) is 11.1 Å². The Labute approximate surface area is 85.3 Å². The van der Waals surface area contributed by atoms with Crippen LogP contribution in [0.1, 0.15) is 34.1 Å². The maximum atomic E-state index is 11.5. The molecule has 0 aliphatic carbocycles. The van der Waals surface area contributed by atoms with Gasteiger partial charge in [0.2, 0.25) is 0 Å². The van der Waals surface area contributed by atoms with Crippen LogP contribution in [0, 0.1) is 5.41 Å². The first kappa shape index (κ1) is 11.5. The molecule has 0 bridgehead atoms. The molecule has 1 saturated heterocycles. The smallest absolute Gasteiger partial charge is 0.330 e. The van der Waals surface area contributed by atoms with Crippen molar-refractivity contribution < 1.29 is 9.63 Å². The lowest BCUT2D eigenvalue weighted by Crippen LogP contribution is -2.40. The summed E-state index contributed by atoms with van der Waals surface area (Å²) in [6.45, 7) is 8.84. The van der Waals surface area contributed by atoms with Crippen LogP contribution in [0.15, 0.2) is 0 Å². The van der Waals surface area contributed by atoms with Crippen molar-refractivity contribution >= 4 is 5.97 Å². The van der Waals surface area contributed by atoms with Gasteiger partial charge in [0.1, 0.15) is 0 Å². The Hall–Kier alpha value is -0.610. The topological polar surface area (TPSA) is 55.6 Å². The van der Waals surface area contributed by atoms with Crippen molar-refractivity contribution in [3.63, 3.8) is 0 Å². The van der Waals surface area contributed by atoms with Crippen LogP contribution in [0.25, 0.3) is 0 Å². The van der Waals surface area contributed by atoms with E-state index in [1.54, 1.807) is 5.06 Å². The molecule has 0 radical (unpaired) electrons. The third kappa shape index (κ3) is 2.96. The van der Waals surface area contributed by atoms with Gasteiger partial charge in [-0.1, -0.05) is 0 Å². The van der Waals surface area contributed by atoms with E-state index < -0.39 is 5.41 Å². The third-order valence-corrected chi connectivity index (χ3v) is 2.29. The minimum absolute atomic E-state index is 0.199. The van der Waals surface area contributed by atoms with Crippen molar-refractivity contribution in [1.29, 1.82) is 0 Å². The van der Waals surface area contributed by atoms with Crippen LogP contribution >= 0.6 is 0 Å². The van der Waals surface area contributed by atoms with E-state index in [1.165, 1.54) is 0 Å². The zero-order chi connectivity index (χ0) is 11.0. The highest BCUT2D eigenvalue weighted by Gasteiger charge is 2.34. The molecule has 4 heteroatoms. The Morgan fingerprint density at radius 1 is 1.50 bits per heavy atom. The molecule has 4 nitrogen and oxygen atoms in total. The van der Waals surface area contributed by atoms with E-state index in [9.17, 15) is 4.79 Å². The molecule has 0 amide bonds. The second kappa shape index (κ2) is 3.51. The second-order valence-corrected chi connectivity index (χ2v) is 5.40. The molecule has 1 heterocycles. The van der Waals surface area contributed by atoms with E-state index in [1.807, 2.05) is 27.7 Å². The molecular formula is C10H20N2O2. The van der Waals surface area contributed by atoms with E-state index >= 15 is 0 Å². The van der Waals surface area contributed by atoms with Crippen LogP contribution < -0.4 is 5.73 Å². The quantitative estimate of drug-likeness (QED) is 0.683. The SMILES string of the molecule is CC1(N)CCN(OC(=O)C(C)(C)C)C1. The van der Waals surface area contributed by atoms with E-state index in [2.05, 4.69) is 0 Å². The summed E-state index contributed by atoms with van der Waals surface area (Å²) in [5.74, 6) is -0.199. The van der Waals surface area contributed by atoms with Crippen molar-refractivity contribution in [2.75, 3.05) is 13.1 Å². The maximum absolute atomic E-state index is 11.5. The van der Waals surface area contributed by atoms with Gasteiger partial charge in [0.25, 0.3) is 0 Å². The average Bonchev–Trinajstić information content (AvgIpc) is 2.28. The Morgan fingerprint density at radius 2 is 2.07 bits per heavy atom. The number of hydrogen-bond donors (Lipinski definition) is 1. The monoisotopic (exact) mass is 200 g/mol. The largest absolute Gasteiger partial charge is 0.367 e. The van der Waals surface area contributed by atoms with Crippen LogP contribution in [0.4, 0.5) is 0 Å². The summed E-state index contributed by atoms with van der Waals surface area (Å²) in [5, 5.41) is 1.66. The van der Waals surface area contributed by atoms with Gasteiger partial charge in [-0.25, -0.2) is 4.79 Å². The predicted octanol–water partition coefficient (Wildman–Crippen LogP) is 0.914. The number of hydrogen-bond acceptors (Lipinski definition) is 4. The van der Waals surface area contributed by atoms with Crippen molar-refractivity contribution in [1.82, 2.24) is 5.06 Å². The molecule has 0 spiro atoms. The Kier molecular flexibility index (Phi) is 2.88. The molecule has 1 aliphatic heterocycles. The molecule has 0 saturated carbocycles. The lowest BCUT2D eigenvalue weighted by molar-refractivity contribution is -0.195. The minimum atomic E-state index is -0.451. The summed E-state index contributed by atoms with van der Waals surface area (Å²) < 4.78 is 0. The normalized spacial score (nSPS) is 29.2. The fourth-order valence-corrected chi connectivity index (χ4v) is 1.27. The summed E-state index contributed by atoms with van der Waals surface area (Å²) in [4.78, 5) is 16.8. The van der Waals surface area contributed by atoms with Crippen molar-refractivity contribution in [2.45, 2.75) is 39.7 Å². The first-order valence-electron chi connectivity index (χ1n) is 4.97. The first-order chi connectivity index (χ1) is 6.21. The van der Waals surface area contributed by atoms with Gasteiger partial charge >= 0.3 is 5.97 Å². The van der Waals surface area contributed by atoms with Gasteiger partial charge in [-0.15, -0.1) is 5.06 Å². The highest BCUT2D eigenvalue weighted by molar-refractivity contribution is 5.75. The summed E-state index contributed by atoms with van der Waals surface area (Å²) >= 11 is 0. The molecule has 1 rings (SSSR count). The predicted molar refractivity (Wildman–Crippen MR) is 54.3 cm³/mol. The van der Waals surface area contributed by atoms with E-state index in [0.717, 1.165) is 13.0 Å². The number of nitrogens with two attached hydrogens (primary N) is 1. The van der Waals surface area contributed by atoms with Gasteiger partial charge in [0, 0.05) is 12.1 Å². The second-order valence-electron chi connectivity index (χ2n) is 5.40. The lowest BCUT2D eigenvalue weighted by Gasteiger charge is -2.23. The van der Waals surface area contributed by atoms with Gasteiger partial charge in [-0.3, -0.25) is 0 Å². The first-order valence-corrected chi connectivity index (χ1v) is 4.97. The van der Waals surface area contributed by atoms with Gasteiger partial charge in [-0.05, 0) is 34.1 Å². The zero-order valence-electron chi connectivity index (χ0n) is 9.46. The van der Waals surface area contributed by atoms with Crippen molar-refractivity contribution in [3.8, 4) is 0 Å². The third-order valence-electron chi connectivity index (χ3n) is 2.29. The minimum Gasteiger partial charge on any atom is -0.367 e. The van der Waals surface area contributed by atoms with E-state index in [4.69, 9.17) is 10.6 Å². The van der Waals surface area contributed by atoms with Crippen LogP contribution in [0.5, 0.6) is 0 Å². The Morgan fingerprint density at radius 3 is 2.43 bits per heavy atom. The highest BCUT2D eigenvalue weighted by Crippen LogP contribution is 2.21. The highest BCUT2D eigenvalue weighted by atomic mass is 16.7. The molecule has 82 valence electrons. The molecule has 2 N–H and O–H groups in total. The maximum Gasteiger partial charge on any atom is 0.330 e. The Balaban J connectivity index is 2.44. The average molecular weight is 200 g/mol. The number of nitrogens with zero attached hydrogens (tertiary/aromatic N) is 1. The van der Waals surface area contributed by atoms with E-state index in [0.29, 0.717) is 6.54 Å². The fraction of sp³-hybridized carbons (Fsp3) is 0.900. The molecule has 0 aromatic heterocycles. The Bertz CT molecular complexity index is 231. The fourth-order valence-electron chi connectivity index (χ4n) is 1.27. The molecule has 0 aromatic carbocycles. The molecular weight excluding hydrogens is 180 g/mol. The van der Waals surface area contributed by atoms with E-state index in [-0.39, 0.29) is 11.5 Å². The number of carbonyl (C=O) groups is 1. The molecule has 1 atom stereocenters. The number of rotatable bonds is 1. The summed E-state index contributed by atoms with van der Waals surface area (Å²) in [7, 11) is 0. The number of hydroxylamine groups is 2. The van der Waals surface area contributed by atoms with Crippen LogP contribution in [-0.2, 0) is 9.63 Å². The molecule has 1 fully saturated rings. The lowest BCUT2D eigenvalue weighted by atomic mass is 9.98.